The number of ether oxygens (including phenoxy) is 3. The van der Waals surface area contributed by atoms with Crippen LogP contribution in [0, 0.1) is 0 Å². The number of carbonyl (C=O) groups excluding carboxylic acids is 3. The van der Waals surface area contributed by atoms with Crippen molar-refractivity contribution in [2.24, 2.45) is 0 Å². The molecule has 0 spiro atoms. The van der Waals surface area contributed by atoms with Crippen molar-refractivity contribution in [3.63, 3.8) is 0 Å². The number of ketones is 3. The lowest BCUT2D eigenvalue weighted by Gasteiger charge is -2.52. The van der Waals surface area contributed by atoms with Gasteiger partial charge in [0.25, 0.3) is 0 Å². The van der Waals surface area contributed by atoms with Gasteiger partial charge in [-0.05, 0) is 143 Å². The van der Waals surface area contributed by atoms with Gasteiger partial charge < -0.3 is 14.2 Å². The van der Waals surface area contributed by atoms with Crippen molar-refractivity contribution in [2.75, 3.05) is 41.3 Å². The smallest absolute Gasteiger partial charge is 0.180 e. The molecule has 1 aliphatic rings. The van der Waals surface area contributed by atoms with Gasteiger partial charge in [0, 0.05) is 49.1 Å². The minimum absolute atomic E-state index is 0.0666. The van der Waals surface area contributed by atoms with Gasteiger partial charge in [0.1, 0.15) is 17.2 Å². The summed E-state index contributed by atoms with van der Waals surface area (Å²) >= 11 is 4.93. The second kappa shape index (κ2) is 25.9. The van der Waals surface area contributed by atoms with Crippen LogP contribution >= 0.6 is 34.0 Å². The molecule has 0 saturated carbocycles. The Morgan fingerprint density at radius 3 is 0.833 bits per heavy atom. The molecule has 0 radical (unpaired) electrons. The molecule has 12 heteroatoms. The summed E-state index contributed by atoms with van der Waals surface area (Å²) in [6.45, 7) is 0.693. The number of Topliss-reactive ketones (excluding diaryl/α,β-unsaturated/α-hetero) is 3. The molecule has 78 heavy (non-hydrogen) atoms. The first-order valence-electron chi connectivity index (χ1n) is 26.3. The third-order valence-corrected chi connectivity index (χ3v) is 18.0. The zero-order valence-electron chi connectivity index (χ0n) is 44.0. The summed E-state index contributed by atoms with van der Waals surface area (Å²) in [6, 6.07) is 63.5. The summed E-state index contributed by atoms with van der Waals surface area (Å²) in [7, 11) is 4.87. The first-order valence-corrected chi connectivity index (χ1v) is 28.9. The Hall–Kier alpha value is -7.29. The van der Waals surface area contributed by atoms with E-state index < -0.39 is 18.1 Å². The fourth-order valence-corrected chi connectivity index (χ4v) is 13.7. The summed E-state index contributed by atoms with van der Waals surface area (Å²) in [6.07, 6.45) is 1.68. The van der Waals surface area contributed by atoms with E-state index in [0.29, 0.717) is 53.2 Å². The molecular weight excluding hydrogens is 1030 g/mol. The number of nitrogens with zero attached hydrogens (tertiary/aromatic N) is 3. The fraction of sp³-hybridized carbons (Fsp3) is 0.227. The van der Waals surface area contributed by atoms with E-state index in [2.05, 4.69) is 104 Å². The molecule has 0 amide bonds. The molecule has 396 valence electrons. The van der Waals surface area contributed by atoms with E-state index in [1.165, 1.54) is 0 Å². The molecule has 0 bridgehead atoms. The monoisotopic (exact) mass is 1090 g/mol. The van der Waals surface area contributed by atoms with Crippen LogP contribution in [0.3, 0.4) is 0 Å². The number of carbonyl (C=O) groups is 3. The van der Waals surface area contributed by atoms with E-state index in [4.69, 9.17) is 14.2 Å². The molecule has 10 rings (SSSR count). The topological polar surface area (TPSA) is 88.6 Å². The summed E-state index contributed by atoms with van der Waals surface area (Å²) in [5.74, 6) is 0.712. The molecule has 9 nitrogen and oxygen atoms in total. The molecule has 1 aliphatic heterocycles. The van der Waals surface area contributed by atoms with Crippen molar-refractivity contribution in [1.82, 2.24) is 14.7 Å². The number of benzene rings is 6. The molecule has 6 atom stereocenters. The Kier molecular flexibility index (Phi) is 18.0. The Balaban J connectivity index is 1.21. The van der Waals surface area contributed by atoms with Crippen molar-refractivity contribution >= 4 is 51.4 Å². The highest BCUT2D eigenvalue weighted by atomic mass is 32.1. The van der Waals surface area contributed by atoms with Crippen LogP contribution in [0.2, 0.25) is 0 Å². The minimum Gasteiger partial charge on any atom is -0.497 e. The largest absolute Gasteiger partial charge is 0.497 e. The van der Waals surface area contributed by atoms with Crippen molar-refractivity contribution in [3.8, 4) is 17.2 Å². The summed E-state index contributed by atoms with van der Waals surface area (Å²) in [5.41, 5.74) is 4.90. The Morgan fingerprint density at radius 2 is 0.615 bits per heavy atom. The average Bonchev–Trinajstić information content (AvgIpc) is 4.38. The van der Waals surface area contributed by atoms with Gasteiger partial charge in [0.2, 0.25) is 0 Å². The van der Waals surface area contributed by atoms with Crippen molar-refractivity contribution in [2.45, 2.75) is 55.1 Å². The van der Waals surface area contributed by atoms with Crippen molar-refractivity contribution in [3.05, 3.63) is 264 Å². The predicted molar refractivity (Wildman–Crippen MR) is 315 cm³/mol. The van der Waals surface area contributed by atoms with Crippen LogP contribution in [0.1, 0.15) is 80.1 Å². The number of hydrogen-bond acceptors (Lipinski definition) is 12. The molecule has 9 aromatic rings. The van der Waals surface area contributed by atoms with Crippen LogP contribution in [0.5, 0.6) is 17.2 Å². The lowest BCUT2D eigenvalue weighted by atomic mass is 9.83. The van der Waals surface area contributed by atoms with Crippen LogP contribution in [-0.4, -0.2) is 91.5 Å². The summed E-state index contributed by atoms with van der Waals surface area (Å²) in [5, 5.41) is 6.23. The normalized spacial score (nSPS) is 15.6. The highest BCUT2D eigenvalue weighted by Gasteiger charge is 2.48. The van der Waals surface area contributed by atoms with E-state index in [0.717, 1.165) is 31.3 Å². The summed E-state index contributed by atoms with van der Waals surface area (Å²) in [4.78, 5) is 58.6. The van der Waals surface area contributed by atoms with Gasteiger partial charge in [-0.2, -0.15) is 0 Å². The lowest BCUT2D eigenvalue weighted by molar-refractivity contribution is -0.0792. The van der Waals surface area contributed by atoms with Crippen LogP contribution in [0.25, 0.3) is 0 Å². The quantitative estimate of drug-likeness (QED) is 0.0549. The molecule has 1 fully saturated rings. The first kappa shape index (κ1) is 54.1. The molecule has 6 unspecified atom stereocenters. The van der Waals surface area contributed by atoms with Gasteiger partial charge in [-0.25, -0.2) is 0 Å². The maximum atomic E-state index is 16.2. The van der Waals surface area contributed by atoms with E-state index >= 15 is 14.4 Å². The molecular formula is C66H63N3O6S3. The number of hydrogen-bond donors (Lipinski definition) is 0. The van der Waals surface area contributed by atoms with E-state index in [1.807, 2.05) is 127 Å². The highest BCUT2D eigenvalue weighted by molar-refractivity contribution is 7.10. The van der Waals surface area contributed by atoms with E-state index in [-0.39, 0.29) is 55.1 Å². The van der Waals surface area contributed by atoms with Gasteiger partial charge in [0.05, 0.1) is 59.5 Å². The Morgan fingerprint density at radius 1 is 0.359 bits per heavy atom. The maximum Gasteiger partial charge on any atom is 0.180 e. The average molecular weight is 1090 g/mol. The van der Waals surface area contributed by atoms with Crippen molar-refractivity contribution < 1.29 is 28.6 Å². The van der Waals surface area contributed by atoms with Crippen LogP contribution in [0.15, 0.2) is 216 Å². The molecule has 3 aromatic heterocycles. The maximum absolute atomic E-state index is 16.2. The Bertz CT molecular complexity index is 2930. The zero-order chi connectivity index (χ0) is 53.8. The van der Waals surface area contributed by atoms with Crippen LogP contribution < -0.4 is 14.2 Å². The summed E-state index contributed by atoms with van der Waals surface area (Å²) < 4.78 is 16.9. The van der Waals surface area contributed by atoms with E-state index in [9.17, 15) is 0 Å². The lowest BCUT2D eigenvalue weighted by Crippen LogP contribution is -2.67. The van der Waals surface area contributed by atoms with Gasteiger partial charge in [-0.15, -0.1) is 34.0 Å². The zero-order valence-corrected chi connectivity index (χ0v) is 46.5. The van der Waals surface area contributed by atoms with Crippen LogP contribution in [-0.2, 0) is 19.3 Å². The third-order valence-electron chi connectivity index (χ3n) is 15.0. The SMILES string of the molecule is COc1ccc(C(=O)C(C(Cc2ccccc2)c2cccs2)N2CN(C(C(=O)c3ccc(OC)cc3)C(Cc3ccccc3)c3cccs3)CN(C(C(=O)c3ccc(OC)cc3)C(Cc3ccccc3)c3cccs3)C2)cc1. The number of methoxy groups -OCH3 is 3. The second-order valence-corrected chi connectivity index (χ2v) is 22.7. The van der Waals surface area contributed by atoms with Crippen molar-refractivity contribution in [1.29, 1.82) is 0 Å². The van der Waals surface area contributed by atoms with Crippen LogP contribution in [0.4, 0.5) is 0 Å². The standard InChI is InChI=1S/C66H63N3O6S3/c1-73-52-31-25-49(26-32-52)64(70)61(55(58-22-13-37-76-58)40-46-16-7-4-8-17-46)67-43-68(62(65(71)50-27-33-53(74-2)34-28-50)56(59-23-14-38-77-59)41-47-18-9-5-10-19-47)45-69(44-67)63(66(72)51-29-35-54(75-3)36-30-51)57(60-24-15-39-78-60)42-48-20-11-6-12-21-48/h4-39,55-57,61-63H,40-45H2,1-3H3. The number of thiophene rings is 3. The molecule has 0 aliphatic carbocycles. The second-order valence-electron chi connectivity index (χ2n) is 19.7. The Labute approximate surface area is 469 Å². The third kappa shape index (κ3) is 12.7. The highest BCUT2D eigenvalue weighted by Crippen LogP contribution is 2.41. The predicted octanol–water partition coefficient (Wildman–Crippen LogP) is 13.8. The van der Waals surface area contributed by atoms with E-state index in [1.54, 1.807) is 55.3 Å². The van der Waals surface area contributed by atoms with Gasteiger partial charge in [0.15, 0.2) is 17.3 Å². The minimum atomic E-state index is -0.778. The van der Waals surface area contributed by atoms with Gasteiger partial charge in [-0.3, -0.25) is 29.1 Å². The number of rotatable bonds is 24. The van der Waals surface area contributed by atoms with Gasteiger partial charge >= 0.3 is 0 Å². The molecule has 4 heterocycles. The molecule has 0 N–H and O–H groups in total. The first-order chi connectivity index (χ1) is 38.3. The van der Waals surface area contributed by atoms with Gasteiger partial charge in [-0.1, -0.05) is 109 Å². The molecule has 1 saturated heterocycles. The fourth-order valence-electron chi connectivity index (χ4n) is 11.2. The molecule has 6 aromatic carbocycles.